The third kappa shape index (κ3) is 3.35. The minimum atomic E-state index is -0.317. The van der Waals surface area contributed by atoms with Gasteiger partial charge in [-0.2, -0.15) is 0 Å². The lowest BCUT2D eigenvalue weighted by Gasteiger charge is -2.36. The number of benzene rings is 1. The number of aliphatic hydroxyl groups is 1. The first-order valence-electron chi connectivity index (χ1n) is 7.81. The molecule has 1 aliphatic rings. The maximum absolute atomic E-state index is 12.6. The smallest absolute Gasteiger partial charge is 0.324 e. The number of rotatable bonds is 4. The highest BCUT2D eigenvalue weighted by Crippen LogP contribution is 2.30. The molecule has 6 nitrogen and oxygen atoms in total. The van der Waals surface area contributed by atoms with E-state index in [4.69, 9.17) is 0 Å². The zero-order valence-corrected chi connectivity index (χ0v) is 13.8. The SMILES string of the molecule is CCCc1nnc(NC(=O)N2CCc3ccccc3C2CO)s1. The largest absolute Gasteiger partial charge is 0.394 e. The molecule has 1 aromatic carbocycles. The Kier molecular flexibility index (Phi) is 4.88. The van der Waals surface area contributed by atoms with Crippen molar-refractivity contribution in [1.29, 1.82) is 0 Å². The Morgan fingerprint density at radius 1 is 1.43 bits per heavy atom. The number of hydrogen-bond acceptors (Lipinski definition) is 5. The van der Waals surface area contributed by atoms with Gasteiger partial charge in [0.25, 0.3) is 0 Å². The number of fused-ring (bicyclic) bond motifs is 1. The van der Waals surface area contributed by atoms with Gasteiger partial charge in [-0.1, -0.05) is 42.5 Å². The predicted octanol–water partition coefficient (Wildman–Crippen LogP) is 2.61. The third-order valence-corrected chi connectivity index (χ3v) is 4.89. The number of carbonyl (C=O) groups is 1. The van der Waals surface area contributed by atoms with Crippen molar-refractivity contribution in [3.8, 4) is 0 Å². The summed E-state index contributed by atoms with van der Waals surface area (Å²) < 4.78 is 0. The van der Waals surface area contributed by atoms with Crippen LogP contribution >= 0.6 is 11.3 Å². The van der Waals surface area contributed by atoms with Crippen molar-refractivity contribution >= 4 is 22.5 Å². The van der Waals surface area contributed by atoms with E-state index in [-0.39, 0.29) is 18.7 Å². The van der Waals surface area contributed by atoms with Gasteiger partial charge in [-0.3, -0.25) is 5.32 Å². The van der Waals surface area contributed by atoms with E-state index in [1.54, 1.807) is 4.90 Å². The number of nitrogens with one attached hydrogen (secondary N) is 1. The molecule has 2 N–H and O–H groups in total. The minimum absolute atomic E-state index is 0.0956. The molecule has 3 rings (SSSR count). The summed E-state index contributed by atoms with van der Waals surface area (Å²) >= 11 is 1.40. The van der Waals surface area contributed by atoms with Crippen molar-refractivity contribution in [2.45, 2.75) is 32.2 Å². The molecule has 0 saturated carbocycles. The predicted molar refractivity (Wildman–Crippen MR) is 89.6 cm³/mol. The molecule has 0 radical (unpaired) electrons. The number of aromatic nitrogens is 2. The number of hydrogen-bond donors (Lipinski definition) is 2. The van der Waals surface area contributed by atoms with E-state index >= 15 is 0 Å². The first-order valence-corrected chi connectivity index (χ1v) is 8.63. The molecular formula is C16H20N4O2S. The Labute approximate surface area is 139 Å². The van der Waals surface area contributed by atoms with Crippen LogP contribution in [0.2, 0.25) is 0 Å². The fourth-order valence-electron chi connectivity index (χ4n) is 2.87. The maximum Gasteiger partial charge on any atom is 0.324 e. The maximum atomic E-state index is 12.6. The summed E-state index contributed by atoms with van der Waals surface area (Å²) in [6.07, 6.45) is 2.65. The van der Waals surface area contributed by atoms with Crippen molar-refractivity contribution in [2.24, 2.45) is 0 Å². The highest BCUT2D eigenvalue weighted by Gasteiger charge is 2.30. The summed E-state index contributed by atoms with van der Waals surface area (Å²) in [5.74, 6) is 0. The van der Waals surface area contributed by atoms with Crippen molar-refractivity contribution < 1.29 is 9.90 Å². The summed E-state index contributed by atoms with van der Waals surface area (Å²) in [6.45, 7) is 2.56. The lowest BCUT2D eigenvalue weighted by Crippen LogP contribution is -2.43. The van der Waals surface area contributed by atoms with Crippen LogP contribution in [0, 0.1) is 0 Å². The highest BCUT2D eigenvalue weighted by atomic mass is 32.1. The average molecular weight is 332 g/mol. The van der Waals surface area contributed by atoms with Crippen LogP contribution in [0.3, 0.4) is 0 Å². The summed E-state index contributed by atoms with van der Waals surface area (Å²) in [4.78, 5) is 14.2. The van der Waals surface area contributed by atoms with Crippen LogP contribution in [0.5, 0.6) is 0 Å². The highest BCUT2D eigenvalue weighted by molar-refractivity contribution is 7.15. The van der Waals surface area contributed by atoms with Crippen LogP contribution < -0.4 is 5.32 Å². The lowest BCUT2D eigenvalue weighted by molar-refractivity contribution is 0.135. The molecule has 0 saturated heterocycles. The minimum Gasteiger partial charge on any atom is -0.394 e. The molecule has 2 amide bonds. The van der Waals surface area contributed by atoms with Gasteiger partial charge in [0.1, 0.15) is 5.01 Å². The van der Waals surface area contributed by atoms with E-state index in [0.29, 0.717) is 11.7 Å². The molecule has 0 spiro atoms. The van der Waals surface area contributed by atoms with Crippen LogP contribution in [0.15, 0.2) is 24.3 Å². The standard InChI is InChI=1S/C16H20N4O2S/c1-2-5-14-18-19-15(23-14)17-16(22)20-9-8-11-6-3-4-7-12(11)13(20)10-21/h3-4,6-7,13,21H,2,5,8-10H2,1H3,(H,17,19,22). The van der Waals surface area contributed by atoms with Crippen LogP contribution in [0.1, 0.15) is 35.5 Å². The first kappa shape index (κ1) is 15.9. The molecule has 1 unspecified atom stereocenters. The quantitative estimate of drug-likeness (QED) is 0.902. The van der Waals surface area contributed by atoms with E-state index < -0.39 is 0 Å². The molecule has 2 heterocycles. The number of carbonyl (C=O) groups excluding carboxylic acids is 1. The van der Waals surface area contributed by atoms with Gasteiger partial charge in [-0.05, 0) is 24.0 Å². The number of urea groups is 1. The Hall–Kier alpha value is -1.99. The normalized spacial score (nSPS) is 17.0. The zero-order valence-electron chi connectivity index (χ0n) is 13.0. The lowest BCUT2D eigenvalue weighted by atomic mass is 9.93. The molecule has 23 heavy (non-hydrogen) atoms. The molecule has 2 aromatic rings. The van der Waals surface area contributed by atoms with Crippen LogP contribution in [-0.2, 0) is 12.8 Å². The van der Waals surface area contributed by atoms with Gasteiger partial charge in [0.2, 0.25) is 5.13 Å². The fourth-order valence-corrected chi connectivity index (χ4v) is 3.70. The van der Waals surface area contributed by atoms with Crippen LogP contribution in [-0.4, -0.2) is 39.4 Å². The molecule has 1 atom stereocenters. The summed E-state index contributed by atoms with van der Waals surface area (Å²) in [5, 5.41) is 22.1. The molecule has 0 aliphatic carbocycles. The first-order chi connectivity index (χ1) is 11.2. The van der Waals surface area contributed by atoms with E-state index in [0.717, 1.165) is 29.8 Å². The second-order valence-corrected chi connectivity index (χ2v) is 6.58. The van der Waals surface area contributed by atoms with Crippen molar-refractivity contribution in [1.82, 2.24) is 15.1 Å². The number of anilines is 1. The number of aryl methyl sites for hydroxylation is 1. The Morgan fingerprint density at radius 2 is 2.26 bits per heavy atom. The molecule has 122 valence electrons. The molecule has 0 fully saturated rings. The second-order valence-electron chi connectivity index (χ2n) is 5.52. The fraction of sp³-hybridized carbons (Fsp3) is 0.438. The van der Waals surface area contributed by atoms with Crippen molar-refractivity contribution in [3.05, 3.63) is 40.4 Å². The average Bonchev–Trinajstić information content (AvgIpc) is 3.01. The van der Waals surface area contributed by atoms with Gasteiger partial charge in [-0.25, -0.2) is 4.79 Å². The van der Waals surface area contributed by atoms with Crippen LogP contribution in [0.25, 0.3) is 0 Å². The van der Waals surface area contributed by atoms with E-state index in [1.165, 1.54) is 16.9 Å². The van der Waals surface area contributed by atoms with Gasteiger partial charge >= 0.3 is 6.03 Å². The van der Waals surface area contributed by atoms with Crippen molar-refractivity contribution in [2.75, 3.05) is 18.5 Å². The van der Waals surface area contributed by atoms with Gasteiger partial charge in [0.05, 0.1) is 12.6 Å². The van der Waals surface area contributed by atoms with E-state index in [9.17, 15) is 9.90 Å². The summed E-state index contributed by atoms with van der Waals surface area (Å²) in [7, 11) is 0. The van der Waals surface area contributed by atoms with Gasteiger partial charge in [0, 0.05) is 13.0 Å². The van der Waals surface area contributed by atoms with Gasteiger partial charge in [0.15, 0.2) is 0 Å². The molecule has 0 bridgehead atoms. The molecular weight excluding hydrogens is 312 g/mol. The monoisotopic (exact) mass is 332 g/mol. The Balaban J connectivity index is 1.74. The van der Waals surface area contributed by atoms with Gasteiger partial charge in [-0.15, -0.1) is 10.2 Å². The zero-order chi connectivity index (χ0) is 16.2. The number of aliphatic hydroxyl groups excluding tert-OH is 1. The van der Waals surface area contributed by atoms with E-state index in [1.807, 2.05) is 18.2 Å². The summed E-state index contributed by atoms with van der Waals surface area (Å²) in [5.41, 5.74) is 2.21. The Morgan fingerprint density at radius 3 is 3.04 bits per heavy atom. The van der Waals surface area contributed by atoms with Crippen LogP contribution in [0.4, 0.5) is 9.93 Å². The summed E-state index contributed by atoms with van der Waals surface area (Å²) in [6, 6.07) is 7.39. The third-order valence-electron chi connectivity index (χ3n) is 3.99. The topological polar surface area (TPSA) is 78.4 Å². The van der Waals surface area contributed by atoms with Gasteiger partial charge < -0.3 is 10.0 Å². The van der Waals surface area contributed by atoms with E-state index in [2.05, 4.69) is 28.5 Å². The number of amides is 2. The molecule has 1 aromatic heterocycles. The number of nitrogens with zero attached hydrogens (tertiary/aromatic N) is 3. The molecule has 1 aliphatic heterocycles. The van der Waals surface area contributed by atoms with Crippen molar-refractivity contribution in [3.63, 3.8) is 0 Å². The second kappa shape index (κ2) is 7.06. The Bertz CT molecular complexity index is 688. The molecule has 7 heteroatoms.